The van der Waals surface area contributed by atoms with Crippen molar-refractivity contribution in [3.8, 4) is 0 Å². The highest BCUT2D eigenvalue weighted by molar-refractivity contribution is 5.80. The molecule has 0 radical (unpaired) electrons. The molecule has 0 aliphatic carbocycles. The molecule has 5 heteroatoms. The average molecular weight is 325 g/mol. The van der Waals surface area contributed by atoms with Gasteiger partial charge in [0.1, 0.15) is 5.84 Å². The van der Waals surface area contributed by atoms with E-state index < -0.39 is 0 Å². The van der Waals surface area contributed by atoms with Crippen molar-refractivity contribution >= 4 is 11.7 Å². The Morgan fingerprint density at radius 2 is 1.75 bits per heavy atom. The van der Waals surface area contributed by atoms with E-state index in [-0.39, 0.29) is 18.6 Å². The molecule has 0 aliphatic rings. The summed E-state index contributed by atoms with van der Waals surface area (Å²) in [5.74, 6) is 0.147. The van der Waals surface area contributed by atoms with E-state index in [1.807, 2.05) is 67.6 Å². The van der Waals surface area contributed by atoms with Gasteiger partial charge >= 0.3 is 0 Å². The molecule has 0 spiro atoms. The molecule has 1 unspecified atom stereocenters. The van der Waals surface area contributed by atoms with Crippen molar-refractivity contribution in [3.63, 3.8) is 0 Å². The first-order chi connectivity index (χ1) is 11.6. The van der Waals surface area contributed by atoms with Gasteiger partial charge in [-0.1, -0.05) is 65.8 Å². The van der Waals surface area contributed by atoms with E-state index >= 15 is 0 Å². The lowest BCUT2D eigenvalue weighted by Gasteiger charge is -2.13. The molecule has 3 N–H and O–H groups in total. The van der Waals surface area contributed by atoms with Gasteiger partial charge in [0.25, 0.3) is 5.91 Å². The van der Waals surface area contributed by atoms with Crippen LogP contribution < -0.4 is 11.1 Å². The highest BCUT2D eigenvalue weighted by Gasteiger charge is 2.09. The minimum absolute atomic E-state index is 0.0818. The summed E-state index contributed by atoms with van der Waals surface area (Å²) in [5.41, 5.74) is 8.02. The summed E-state index contributed by atoms with van der Waals surface area (Å²) in [7, 11) is 0. The van der Waals surface area contributed by atoms with Crippen LogP contribution in [0.5, 0.6) is 0 Å². The number of carbonyl (C=O) groups excluding carboxylic acids is 1. The molecule has 2 aromatic carbocycles. The molecule has 2 rings (SSSR count). The van der Waals surface area contributed by atoms with Crippen LogP contribution in [-0.4, -0.2) is 18.3 Å². The second kappa shape index (κ2) is 9.35. The number of hydrogen-bond acceptors (Lipinski definition) is 3. The summed E-state index contributed by atoms with van der Waals surface area (Å²) >= 11 is 0. The number of nitrogens with zero attached hydrogens (tertiary/aromatic N) is 1. The third-order valence-electron chi connectivity index (χ3n) is 3.57. The van der Waals surface area contributed by atoms with Crippen molar-refractivity contribution in [1.82, 2.24) is 5.32 Å². The Kier molecular flexibility index (Phi) is 6.83. The zero-order valence-electron chi connectivity index (χ0n) is 13.8. The van der Waals surface area contributed by atoms with Crippen molar-refractivity contribution in [2.45, 2.75) is 25.8 Å². The summed E-state index contributed by atoms with van der Waals surface area (Å²) in [6.07, 6.45) is 1.38. The second-order valence-electron chi connectivity index (χ2n) is 5.54. The van der Waals surface area contributed by atoms with Crippen LogP contribution in [0.3, 0.4) is 0 Å². The first kappa shape index (κ1) is 17.5. The lowest BCUT2D eigenvalue weighted by Crippen LogP contribution is -2.30. The number of amides is 1. The number of aryl methyl sites for hydroxylation is 1. The number of benzene rings is 2. The third kappa shape index (κ3) is 6.12. The van der Waals surface area contributed by atoms with Gasteiger partial charge in [-0.2, -0.15) is 0 Å². The fourth-order valence-electron chi connectivity index (χ4n) is 2.24. The SMILES string of the molecule is CC(NC(=O)CO/N=C(\N)CCc1ccccc1)c1ccccc1. The van der Waals surface area contributed by atoms with Crippen molar-refractivity contribution in [1.29, 1.82) is 0 Å². The number of nitrogens with two attached hydrogens (primary N) is 1. The first-order valence-electron chi connectivity index (χ1n) is 7.97. The van der Waals surface area contributed by atoms with E-state index in [9.17, 15) is 4.79 Å². The number of rotatable bonds is 8. The van der Waals surface area contributed by atoms with Crippen LogP contribution in [0.15, 0.2) is 65.8 Å². The monoisotopic (exact) mass is 325 g/mol. The topological polar surface area (TPSA) is 76.7 Å². The third-order valence-corrected chi connectivity index (χ3v) is 3.57. The molecule has 0 bridgehead atoms. The van der Waals surface area contributed by atoms with Crippen LogP contribution >= 0.6 is 0 Å². The molecule has 0 fully saturated rings. The number of carbonyl (C=O) groups is 1. The van der Waals surface area contributed by atoms with Crippen LogP contribution in [0.2, 0.25) is 0 Å². The van der Waals surface area contributed by atoms with Gasteiger partial charge in [-0.3, -0.25) is 4.79 Å². The number of amidine groups is 1. The van der Waals surface area contributed by atoms with E-state index in [1.54, 1.807) is 0 Å². The van der Waals surface area contributed by atoms with Crippen LogP contribution in [0.4, 0.5) is 0 Å². The summed E-state index contributed by atoms with van der Waals surface area (Å²) < 4.78 is 0. The molecule has 5 nitrogen and oxygen atoms in total. The van der Waals surface area contributed by atoms with E-state index in [4.69, 9.17) is 10.6 Å². The quantitative estimate of drug-likeness (QED) is 0.445. The number of hydrogen-bond donors (Lipinski definition) is 2. The fraction of sp³-hybridized carbons (Fsp3) is 0.263. The Labute approximate surface area is 142 Å². The van der Waals surface area contributed by atoms with Gasteiger partial charge in [-0.25, -0.2) is 0 Å². The lowest BCUT2D eigenvalue weighted by atomic mass is 10.1. The maximum Gasteiger partial charge on any atom is 0.261 e. The molecular weight excluding hydrogens is 302 g/mol. The zero-order valence-corrected chi connectivity index (χ0v) is 13.8. The van der Waals surface area contributed by atoms with Gasteiger partial charge in [0.2, 0.25) is 0 Å². The second-order valence-corrected chi connectivity index (χ2v) is 5.54. The van der Waals surface area contributed by atoms with Crippen LogP contribution in [0.25, 0.3) is 0 Å². The normalized spacial score (nSPS) is 12.5. The first-order valence-corrected chi connectivity index (χ1v) is 7.97. The van der Waals surface area contributed by atoms with E-state index in [0.29, 0.717) is 12.3 Å². The fourth-order valence-corrected chi connectivity index (χ4v) is 2.24. The Morgan fingerprint density at radius 1 is 1.12 bits per heavy atom. The molecule has 0 heterocycles. The average Bonchev–Trinajstić information content (AvgIpc) is 2.61. The van der Waals surface area contributed by atoms with Crippen molar-refractivity contribution in [2.24, 2.45) is 10.9 Å². The number of oxime groups is 1. The summed E-state index contributed by atoms with van der Waals surface area (Å²) in [6, 6.07) is 19.7. The van der Waals surface area contributed by atoms with Gasteiger partial charge in [0.05, 0.1) is 6.04 Å². The molecule has 24 heavy (non-hydrogen) atoms. The highest BCUT2D eigenvalue weighted by atomic mass is 16.6. The lowest BCUT2D eigenvalue weighted by molar-refractivity contribution is -0.126. The Hall–Kier alpha value is -2.82. The van der Waals surface area contributed by atoms with Crippen LogP contribution in [0.1, 0.15) is 30.5 Å². The van der Waals surface area contributed by atoms with Crippen LogP contribution in [0, 0.1) is 0 Å². The van der Waals surface area contributed by atoms with Gasteiger partial charge in [-0.05, 0) is 24.5 Å². The van der Waals surface area contributed by atoms with Crippen molar-refractivity contribution < 1.29 is 9.63 Å². The van der Waals surface area contributed by atoms with Crippen molar-refractivity contribution in [2.75, 3.05) is 6.61 Å². The number of nitrogens with one attached hydrogen (secondary N) is 1. The standard InChI is InChI=1S/C19H23N3O2/c1-15(17-10-6-3-7-11-17)21-19(23)14-24-22-18(20)13-12-16-8-4-2-5-9-16/h2-11,15H,12-14H2,1H3,(H2,20,22)(H,21,23). The molecule has 0 saturated heterocycles. The minimum Gasteiger partial charge on any atom is -0.384 e. The molecule has 126 valence electrons. The smallest absolute Gasteiger partial charge is 0.261 e. The summed E-state index contributed by atoms with van der Waals surface area (Å²) in [6.45, 7) is 1.77. The Morgan fingerprint density at radius 3 is 2.42 bits per heavy atom. The molecule has 2 aromatic rings. The molecule has 0 aliphatic heterocycles. The minimum atomic E-state index is -0.231. The maximum atomic E-state index is 11.8. The predicted octanol–water partition coefficient (Wildman–Crippen LogP) is 2.79. The zero-order chi connectivity index (χ0) is 17.2. The molecule has 1 atom stereocenters. The van der Waals surface area contributed by atoms with E-state index in [2.05, 4.69) is 10.5 Å². The molecule has 0 saturated carbocycles. The highest BCUT2D eigenvalue weighted by Crippen LogP contribution is 2.10. The van der Waals surface area contributed by atoms with Crippen LogP contribution in [-0.2, 0) is 16.1 Å². The van der Waals surface area contributed by atoms with Gasteiger partial charge in [-0.15, -0.1) is 0 Å². The Bertz CT molecular complexity index is 657. The van der Waals surface area contributed by atoms with Crippen molar-refractivity contribution in [3.05, 3.63) is 71.8 Å². The molecule has 0 aromatic heterocycles. The molecule has 1 amide bonds. The van der Waals surface area contributed by atoms with Gasteiger partial charge < -0.3 is 15.9 Å². The van der Waals surface area contributed by atoms with E-state index in [1.165, 1.54) is 5.56 Å². The summed E-state index contributed by atoms with van der Waals surface area (Å²) in [4.78, 5) is 16.9. The van der Waals surface area contributed by atoms with E-state index in [0.717, 1.165) is 12.0 Å². The predicted molar refractivity (Wildman–Crippen MR) is 95.3 cm³/mol. The largest absolute Gasteiger partial charge is 0.384 e. The summed E-state index contributed by atoms with van der Waals surface area (Å²) in [5, 5.41) is 6.65. The molecular formula is C19H23N3O2. The maximum absolute atomic E-state index is 11.8. The van der Waals surface area contributed by atoms with Gasteiger partial charge in [0, 0.05) is 6.42 Å². The Balaban J connectivity index is 1.69. The van der Waals surface area contributed by atoms with Gasteiger partial charge in [0.15, 0.2) is 6.61 Å².